The number of ether oxygens (including phenoxy) is 1. The number of hydrogen-bond acceptors (Lipinski definition) is 5. The highest BCUT2D eigenvalue weighted by molar-refractivity contribution is 9.10. The van der Waals surface area contributed by atoms with Gasteiger partial charge in [0.2, 0.25) is 0 Å². The molecular weight excluding hydrogens is 318 g/mol. The van der Waals surface area contributed by atoms with Crippen molar-refractivity contribution in [2.75, 3.05) is 7.11 Å². The molecular formula is C9H7BrF2N2O4. The van der Waals surface area contributed by atoms with Crippen LogP contribution in [0.5, 0.6) is 0 Å². The van der Waals surface area contributed by atoms with Gasteiger partial charge in [-0.15, -0.1) is 0 Å². The van der Waals surface area contributed by atoms with Crippen LogP contribution in [-0.2, 0) is 16.0 Å². The SMILES string of the molecule is COC(=O)Cc1nc(Br)cc(C(F)F)c1[N+](=O)[O-]. The number of alkyl halides is 2. The maximum absolute atomic E-state index is 12.7. The second-order valence-electron chi connectivity index (χ2n) is 3.14. The lowest BCUT2D eigenvalue weighted by molar-refractivity contribution is -0.387. The summed E-state index contributed by atoms with van der Waals surface area (Å²) in [6, 6.07) is 0.851. The van der Waals surface area contributed by atoms with Gasteiger partial charge >= 0.3 is 5.97 Å². The first-order valence-corrected chi connectivity index (χ1v) is 5.34. The molecule has 0 aromatic carbocycles. The number of carbonyl (C=O) groups excluding carboxylic acids is 1. The van der Waals surface area contributed by atoms with Gasteiger partial charge in [0.1, 0.15) is 15.9 Å². The molecule has 0 aliphatic carbocycles. The maximum Gasteiger partial charge on any atom is 0.311 e. The molecule has 0 bridgehead atoms. The second-order valence-corrected chi connectivity index (χ2v) is 3.95. The molecule has 0 radical (unpaired) electrons. The number of rotatable bonds is 4. The van der Waals surface area contributed by atoms with E-state index in [2.05, 4.69) is 25.7 Å². The highest BCUT2D eigenvalue weighted by atomic mass is 79.9. The zero-order chi connectivity index (χ0) is 13.9. The van der Waals surface area contributed by atoms with Crippen LogP contribution in [0.3, 0.4) is 0 Å². The molecule has 6 nitrogen and oxygen atoms in total. The highest BCUT2D eigenvalue weighted by Crippen LogP contribution is 2.33. The maximum atomic E-state index is 12.7. The predicted octanol–water partition coefficient (Wildman–Crippen LogP) is 2.41. The average molecular weight is 325 g/mol. The van der Waals surface area contributed by atoms with E-state index in [1.807, 2.05) is 0 Å². The van der Waals surface area contributed by atoms with Crippen LogP contribution in [0.1, 0.15) is 17.7 Å². The third-order valence-corrected chi connectivity index (χ3v) is 2.43. The van der Waals surface area contributed by atoms with Crippen LogP contribution >= 0.6 is 15.9 Å². The molecule has 0 spiro atoms. The first-order chi connectivity index (χ1) is 8.36. The molecule has 0 aliphatic heterocycles. The minimum Gasteiger partial charge on any atom is -0.469 e. The summed E-state index contributed by atoms with van der Waals surface area (Å²) in [6.45, 7) is 0. The van der Waals surface area contributed by atoms with Crippen LogP contribution in [0.15, 0.2) is 10.7 Å². The lowest BCUT2D eigenvalue weighted by Gasteiger charge is -2.07. The lowest BCUT2D eigenvalue weighted by atomic mass is 10.1. The van der Waals surface area contributed by atoms with Crippen molar-refractivity contribution in [2.24, 2.45) is 0 Å². The minimum absolute atomic E-state index is 0.0118. The van der Waals surface area contributed by atoms with Gasteiger partial charge in [0.25, 0.3) is 12.1 Å². The molecule has 9 heteroatoms. The number of carbonyl (C=O) groups is 1. The van der Waals surface area contributed by atoms with E-state index in [0.29, 0.717) is 0 Å². The van der Waals surface area contributed by atoms with Gasteiger partial charge in [-0.05, 0) is 22.0 Å². The van der Waals surface area contributed by atoms with Gasteiger partial charge in [-0.25, -0.2) is 13.8 Å². The molecule has 1 aromatic heterocycles. The monoisotopic (exact) mass is 324 g/mol. The number of nitro groups is 1. The molecule has 1 heterocycles. The van der Waals surface area contributed by atoms with Crippen LogP contribution in [0, 0.1) is 10.1 Å². The summed E-state index contributed by atoms with van der Waals surface area (Å²) in [4.78, 5) is 24.5. The number of aromatic nitrogens is 1. The summed E-state index contributed by atoms with van der Waals surface area (Å²) in [5, 5.41) is 10.8. The molecule has 0 unspecified atom stereocenters. The molecule has 1 rings (SSSR count). The summed E-state index contributed by atoms with van der Waals surface area (Å²) in [6.07, 6.45) is -3.59. The van der Waals surface area contributed by atoms with E-state index in [0.717, 1.165) is 13.2 Å². The molecule has 0 fully saturated rings. The molecule has 18 heavy (non-hydrogen) atoms. The van der Waals surface area contributed by atoms with Gasteiger partial charge in [0.05, 0.1) is 18.5 Å². The number of halogens is 3. The Labute approximate surface area is 108 Å². The van der Waals surface area contributed by atoms with Crippen LogP contribution < -0.4 is 0 Å². The van der Waals surface area contributed by atoms with E-state index in [9.17, 15) is 23.7 Å². The topological polar surface area (TPSA) is 82.3 Å². The molecule has 98 valence electrons. The molecule has 0 saturated heterocycles. The van der Waals surface area contributed by atoms with Crippen molar-refractivity contribution in [3.8, 4) is 0 Å². The smallest absolute Gasteiger partial charge is 0.311 e. The molecule has 0 amide bonds. The Morgan fingerprint density at radius 1 is 1.67 bits per heavy atom. The first-order valence-electron chi connectivity index (χ1n) is 4.55. The zero-order valence-electron chi connectivity index (χ0n) is 9.02. The van der Waals surface area contributed by atoms with Gasteiger partial charge in [-0.2, -0.15) is 0 Å². The number of nitrogens with zero attached hydrogens (tertiary/aromatic N) is 2. The fourth-order valence-electron chi connectivity index (χ4n) is 1.29. The summed E-state index contributed by atoms with van der Waals surface area (Å²) in [5.41, 5.74) is -2.02. The van der Waals surface area contributed by atoms with Crippen molar-refractivity contribution in [3.63, 3.8) is 0 Å². The number of esters is 1. The minimum atomic E-state index is -3.04. The van der Waals surface area contributed by atoms with Gasteiger partial charge in [-0.3, -0.25) is 14.9 Å². The van der Waals surface area contributed by atoms with Crippen molar-refractivity contribution in [2.45, 2.75) is 12.8 Å². The Morgan fingerprint density at radius 2 is 2.28 bits per heavy atom. The van der Waals surface area contributed by atoms with Crippen LogP contribution in [0.2, 0.25) is 0 Å². The molecule has 0 aliphatic rings. The van der Waals surface area contributed by atoms with E-state index >= 15 is 0 Å². The average Bonchev–Trinajstić information content (AvgIpc) is 2.27. The summed E-state index contributed by atoms with van der Waals surface area (Å²) < 4.78 is 29.7. The third kappa shape index (κ3) is 3.19. The van der Waals surface area contributed by atoms with E-state index in [-0.39, 0.29) is 10.3 Å². The molecule has 1 aromatic rings. The van der Waals surface area contributed by atoms with Crippen molar-refractivity contribution < 1.29 is 23.2 Å². The van der Waals surface area contributed by atoms with E-state index in [4.69, 9.17) is 0 Å². The number of pyridine rings is 1. The fraction of sp³-hybridized carbons (Fsp3) is 0.333. The van der Waals surface area contributed by atoms with E-state index < -0.39 is 35.0 Å². The van der Waals surface area contributed by atoms with Crippen LogP contribution in [-0.4, -0.2) is 23.0 Å². The van der Waals surface area contributed by atoms with Gasteiger partial charge in [-0.1, -0.05) is 0 Å². The quantitative estimate of drug-likeness (QED) is 0.367. The standard InChI is InChI=1S/C9H7BrF2N2O4/c1-18-7(15)3-5-8(14(16)17)4(9(11)12)2-6(10)13-5/h2,9H,3H2,1H3. The Kier molecular flexibility index (Phi) is 4.65. The first kappa shape index (κ1) is 14.4. The lowest BCUT2D eigenvalue weighted by Crippen LogP contribution is -2.11. The third-order valence-electron chi connectivity index (χ3n) is 2.02. The van der Waals surface area contributed by atoms with E-state index in [1.54, 1.807) is 0 Å². The fourth-order valence-corrected chi connectivity index (χ4v) is 1.75. The van der Waals surface area contributed by atoms with E-state index in [1.165, 1.54) is 0 Å². The Hall–Kier alpha value is -1.64. The molecule has 0 atom stereocenters. The predicted molar refractivity (Wildman–Crippen MR) is 59.3 cm³/mol. The number of hydrogen-bond donors (Lipinski definition) is 0. The Balaban J connectivity index is 3.38. The number of methoxy groups -OCH3 is 1. The summed E-state index contributed by atoms with van der Waals surface area (Å²) in [5.74, 6) is -0.802. The Morgan fingerprint density at radius 3 is 2.72 bits per heavy atom. The Bertz CT molecular complexity index is 496. The molecule has 0 saturated carbocycles. The zero-order valence-corrected chi connectivity index (χ0v) is 10.6. The summed E-state index contributed by atoms with van der Waals surface area (Å²) >= 11 is 2.86. The van der Waals surface area contributed by atoms with Crippen molar-refractivity contribution in [1.29, 1.82) is 0 Å². The van der Waals surface area contributed by atoms with Crippen LogP contribution in [0.4, 0.5) is 14.5 Å². The summed E-state index contributed by atoms with van der Waals surface area (Å²) in [7, 11) is 1.08. The van der Waals surface area contributed by atoms with Gasteiger partial charge < -0.3 is 4.74 Å². The highest BCUT2D eigenvalue weighted by Gasteiger charge is 2.29. The second kappa shape index (κ2) is 5.80. The normalized spacial score (nSPS) is 10.5. The van der Waals surface area contributed by atoms with Crippen molar-refractivity contribution >= 4 is 27.6 Å². The van der Waals surface area contributed by atoms with Crippen molar-refractivity contribution in [1.82, 2.24) is 4.98 Å². The van der Waals surface area contributed by atoms with Crippen LogP contribution in [0.25, 0.3) is 0 Å². The van der Waals surface area contributed by atoms with Gasteiger partial charge in [0.15, 0.2) is 0 Å². The molecule has 0 N–H and O–H groups in total. The van der Waals surface area contributed by atoms with Gasteiger partial charge in [0, 0.05) is 0 Å². The van der Waals surface area contributed by atoms with Crippen molar-refractivity contribution in [3.05, 3.63) is 32.0 Å². The largest absolute Gasteiger partial charge is 0.469 e.